The molecule has 0 amide bonds. The van der Waals surface area contributed by atoms with Crippen LogP contribution in [0, 0.1) is 20.8 Å². The van der Waals surface area contributed by atoms with Crippen molar-refractivity contribution >= 4 is 11.6 Å². The fourth-order valence-electron chi connectivity index (χ4n) is 2.37. The Morgan fingerprint density at radius 2 is 1.58 bits per heavy atom. The van der Waals surface area contributed by atoms with Gasteiger partial charge in [-0.05, 0) is 56.0 Å². The molecule has 0 spiro atoms. The molecule has 100 valence electrons. The highest BCUT2D eigenvalue weighted by molar-refractivity contribution is 6.31. The first-order valence-corrected chi connectivity index (χ1v) is 6.83. The van der Waals surface area contributed by atoms with E-state index in [1.54, 1.807) is 0 Å². The van der Waals surface area contributed by atoms with Gasteiger partial charge in [0.1, 0.15) is 0 Å². The summed E-state index contributed by atoms with van der Waals surface area (Å²) in [6.07, 6.45) is 0. The molecule has 2 aromatic carbocycles. The molecule has 2 heteroatoms. The number of halogens is 1. The molecular weight excluding hydrogens is 254 g/mol. The molecule has 0 aliphatic heterocycles. The van der Waals surface area contributed by atoms with Gasteiger partial charge in [0.15, 0.2) is 0 Å². The summed E-state index contributed by atoms with van der Waals surface area (Å²) in [6, 6.07) is 12.4. The van der Waals surface area contributed by atoms with Crippen molar-refractivity contribution in [3.63, 3.8) is 0 Å². The molecule has 1 atom stereocenters. The maximum absolute atomic E-state index is 6.59. The van der Waals surface area contributed by atoms with E-state index in [0.29, 0.717) is 0 Å². The van der Waals surface area contributed by atoms with Gasteiger partial charge in [0.2, 0.25) is 0 Å². The lowest BCUT2D eigenvalue weighted by atomic mass is 9.82. The molecule has 2 aromatic rings. The van der Waals surface area contributed by atoms with E-state index in [9.17, 15) is 0 Å². The summed E-state index contributed by atoms with van der Waals surface area (Å²) in [6.45, 7) is 8.21. The fourth-order valence-corrected chi connectivity index (χ4v) is 2.55. The summed E-state index contributed by atoms with van der Waals surface area (Å²) < 4.78 is 0. The molecule has 0 aromatic heterocycles. The van der Waals surface area contributed by atoms with Crippen LogP contribution in [0.3, 0.4) is 0 Å². The van der Waals surface area contributed by atoms with Crippen molar-refractivity contribution in [3.8, 4) is 0 Å². The zero-order valence-electron chi connectivity index (χ0n) is 11.9. The second-order valence-corrected chi connectivity index (χ2v) is 5.89. The van der Waals surface area contributed by atoms with Crippen LogP contribution >= 0.6 is 11.6 Å². The van der Waals surface area contributed by atoms with Crippen molar-refractivity contribution < 1.29 is 0 Å². The van der Waals surface area contributed by atoms with Crippen molar-refractivity contribution in [1.82, 2.24) is 0 Å². The van der Waals surface area contributed by atoms with Crippen LogP contribution in [0.4, 0.5) is 0 Å². The zero-order chi connectivity index (χ0) is 14.2. The Bertz CT molecular complexity index is 615. The number of aryl methyl sites for hydroxylation is 3. The van der Waals surface area contributed by atoms with E-state index in [2.05, 4.69) is 38.1 Å². The third-order valence-corrected chi connectivity index (χ3v) is 4.13. The molecular formula is C17H20ClN. The summed E-state index contributed by atoms with van der Waals surface area (Å²) in [5.74, 6) is 0. The Balaban J connectivity index is 2.57. The van der Waals surface area contributed by atoms with Gasteiger partial charge in [-0.25, -0.2) is 0 Å². The minimum Gasteiger partial charge on any atom is -0.318 e. The SMILES string of the molecule is Cc1ccc(C)c(C(C)(N)c2ccc(C)c(Cl)c2)c1. The van der Waals surface area contributed by atoms with Gasteiger partial charge in [0, 0.05) is 5.02 Å². The van der Waals surface area contributed by atoms with E-state index in [1.165, 1.54) is 11.1 Å². The summed E-state index contributed by atoms with van der Waals surface area (Å²) in [5, 5.41) is 0.763. The average Bonchev–Trinajstić information content (AvgIpc) is 2.35. The molecule has 1 nitrogen and oxygen atoms in total. The molecule has 0 bridgehead atoms. The Labute approximate surface area is 120 Å². The van der Waals surface area contributed by atoms with Crippen molar-refractivity contribution in [2.75, 3.05) is 0 Å². The normalized spacial score (nSPS) is 14.2. The number of benzene rings is 2. The highest BCUT2D eigenvalue weighted by atomic mass is 35.5. The number of hydrogen-bond donors (Lipinski definition) is 1. The largest absolute Gasteiger partial charge is 0.318 e. The molecule has 1 unspecified atom stereocenters. The first-order chi connectivity index (χ1) is 8.82. The van der Waals surface area contributed by atoms with Crippen LogP contribution in [0.1, 0.15) is 34.7 Å². The highest BCUT2D eigenvalue weighted by Crippen LogP contribution is 2.31. The summed E-state index contributed by atoms with van der Waals surface area (Å²) in [4.78, 5) is 0. The molecule has 2 rings (SSSR count). The van der Waals surface area contributed by atoms with Gasteiger partial charge in [-0.15, -0.1) is 0 Å². The molecule has 0 heterocycles. The predicted molar refractivity (Wildman–Crippen MR) is 82.7 cm³/mol. The fraction of sp³-hybridized carbons (Fsp3) is 0.294. The second kappa shape index (κ2) is 4.99. The summed E-state index contributed by atoms with van der Waals surface area (Å²) in [5.41, 5.74) is 11.7. The molecule has 0 saturated carbocycles. The predicted octanol–water partition coefficient (Wildman–Crippen LogP) is 4.49. The Kier molecular flexibility index (Phi) is 3.71. The molecule has 19 heavy (non-hydrogen) atoms. The van der Waals surface area contributed by atoms with Crippen LogP contribution in [0.2, 0.25) is 5.02 Å². The molecule has 0 radical (unpaired) electrons. The highest BCUT2D eigenvalue weighted by Gasteiger charge is 2.26. The molecule has 2 N–H and O–H groups in total. The van der Waals surface area contributed by atoms with Crippen LogP contribution < -0.4 is 5.73 Å². The van der Waals surface area contributed by atoms with Gasteiger partial charge in [0.05, 0.1) is 5.54 Å². The minimum atomic E-state index is -0.534. The van der Waals surface area contributed by atoms with Crippen LogP contribution in [-0.2, 0) is 5.54 Å². The smallest absolute Gasteiger partial charge is 0.0640 e. The van der Waals surface area contributed by atoms with Crippen LogP contribution in [0.15, 0.2) is 36.4 Å². The van der Waals surface area contributed by atoms with Gasteiger partial charge in [-0.2, -0.15) is 0 Å². The van der Waals surface area contributed by atoms with Gasteiger partial charge in [-0.3, -0.25) is 0 Å². The van der Waals surface area contributed by atoms with Crippen LogP contribution in [0.25, 0.3) is 0 Å². The summed E-state index contributed by atoms with van der Waals surface area (Å²) in [7, 11) is 0. The standard InChI is InChI=1S/C17H20ClN/c1-11-5-6-12(2)15(9-11)17(4,19)14-8-7-13(3)16(18)10-14/h5-10H,19H2,1-4H3. The minimum absolute atomic E-state index is 0.534. The quantitative estimate of drug-likeness (QED) is 0.857. The lowest BCUT2D eigenvalue weighted by molar-refractivity contribution is 0.598. The van der Waals surface area contributed by atoms with Crippen LogP contribution in [-0.4, -0.2) is 0 Å². The molecule has 0 saturated heterocycles. The second-order valence-electron chi connectivity index (χ2n) is 5.48. The maximum Gasteiger partial charge on any atom is 0.0640 e. The Morgan fingerprint density at radius 1 is 0.947 bits per heavy atom. The topological polar surface area (TPSA) is 26.0 Å². The van der Waals surface area contributed by atoms with Crippen molar-refractivity contribution in [2.45, 2.75) is 33.2 Å². The maximum atomic E-state index is 6.59. The van der Waals surface area contributed by atoms with Crippen LogP contribution in [0.5, 0.6) is 0 Å². The molecule has 0 aliphatic rings. The Hall–Kier alpha value is -1.31. The molecule has 0 aliphatic carbocycles. The number of nitrogens with two attached hydrogens (primary N) is 1. The van der Waals surface area contributed by atoms with Gasteiger partial charge in [-0.1, -0.05) is 47.5 Å². The van der Waals surface area contributed by atoms with Gasteiger partial charge >= 0.3 is 0 Å². The van der Waals surface area contributed by atoms with Crippen molar-refractivity contribution in [2.24, 2.45) is 5.73 Å². The molecule has 0 fully saturated rings. The lowest BCUT2D eigenvalue weighted by Crippen LogP contribution is -2.35. The summed E-state index contributed by atoms with van der Waals surface area (Å²) >= 11 is 6.22. The van der Waals surface area contributed by atoms with Gasteiger partial charge in [0.25, 0.3) is 0 Å². The van der Waals surface area contributed by atoms with Crippen molar-refractivity contribution in [1.29, 1.82) is 0 Å². The van der Waals surface area contributed by atoms with E-state index >= 15 is 0 Å². The van der Waals surface area contributed by atoms with E-state index < -0.39 is 5.54 Å². The lowest BCUT2D eigenvalue weighted by Gasteiger charge is -2.28. The number of rotatable bonds is 2. The zero-order valence-corrected chi connectivity index (χ0v) is 12.7. The third-order valence-electron chi connectivity index (χ3n) is 3.72. The van der Waals surface area contributed by atoms with E-state index in [4.69, 9.17) is 17.3 Å². The van der Waals surface area contributed by atoms with Crippen molar-refractivity contribution in [3.05, 3.63) is 69.2 Å². The monoisotopic (exact) mass is 273 g/mol. The first-order valence-electron chi connectivity index (χ1n) is 6.45. The van der Waals surface area contributed by atoms with E-state index in [1.807, 2.05) is 26.0 Å². The van der Waals surface area contributed by atoms with E-state index in [-0.39, 0.29) is 0 Å². The van der Waals surface area contributed by atoms with E-state index in [0.717, 1.165) is 21.7 Å². The van der Waals surface area contributed by atoms with Gasteiger partial charge < -0.3 is 5.73 Å². The first kappa shape index (κ1) is 14.1. The Morgan fingerprint density at radius 3 is 2.21 bits per heavy atom. The third kappa shape index (κ3) is 2.68. The number of hydrogen-bond acceptors (Lipinski definition) is 1. The average molecular weight is 274 g/mol.